The number of aromatic nitrogens is 1. The third kappa shape index (κ3) is 14.5. The molecule has 0 saturated heterocycles. The molecule has 1 aromatic heterocycles. The Kier molecular flexibility index (Phi) is 7.98. The minimum Gasteiger partial charge on any atom is -0.265 e. The SMILES string of the molecule is CC(C)(C)[N]=[Cr]([Br])([Br])=[N]C(C)(C)C.c1ccncc1. The van der Waals surface area contributed by atoms with Gasteiger partial charge in [-0.05, 0) is 12.1 Å². The molecule has 1 heterocycles. The Hall–Kier alpha value is 0.242. The van der Waals surface area contributed by atoms with Gasteiger partial charge in [0.1, 0.15) is 0 Å². The number of nitrogens with zero attached hydrogens (tertiary/aromatic N) is 3. The zero-order chi connectivity index (χ0) is 15.2. The van der Waals surface area contributed by atoms with Crippen LogP contribution in [-0.4, -0.2) is 16.1 Å². The van der Waals surface area contributed by atoms with E-state index in [1.54, 1.807) is 12.4 Å². The van der Waals surface area contributed by atoms with Crippen LogP contribution < -0.4 is 0 Å². The molecule has 110 valence electrons. The van der Waals surface area contributed by atoms with Gasteiger partial charge in [-0.3, -0.25) is 4.98 Å². The van der Waals surface area contributed by atoms with Crippen LogP contribution in [0.25, 0.3) is 0 Å². The van der Waals surface area contributed by atoms with Crippen molar-refractivity contribution in [3.05, 3.63) is 30.6 Å². The molecule has 0 aliphatic carbocycles. The predicted octanol–water partition coefficient (Wildman–Crippen LogP) is 5.81. The molecule has 1 rings (SSSR count). The van der Waals surface area contributed by atoms with Gasteiger partial charge in [-0.1, -0.05) is 6.07 Å². The van der Waals surface area contributed by atoms with Crippen molar-refractivity contribution in [2.75, 3.05) is 0 Å². The molecule has 1 aromatic rings. The summed E-state index contributed by atoms with van der Waals surface area (Å²) in [5, 5.41) is 0. The van der Waals surface area contributed by atoms with Gasteiger partial charge in [0.25, 0.3) is 0 Å². The maximum absolute atomic E-state index is 4.65. The second kappa shape index (κ2) is 7.88. The number of hydrogen-bond donors (Lipinski definition) is 0. The Bertz CT molecular complexity index is 418. The van der Waals surface area contributed by atoms with Crippen LogP contribution in [0.1, 0.15) is 41.5 Å². The van der Waals surface area contributed by atoms with Gasteiger partial charge in [-0.25, -0.2) is 0 Å². The minimum atomic E-state index is -2.28. The monoisotopic (exact) mass is 431 g/mol. The van der Waals surface area contributed by atoms with E-state index in [1.807, 2.05) is 18.2 Å². The Morgan fingerprint density at radius 1 is 0.789 bits per heavy atom. The molecule has 0 amide bonds. The minimum absolute atomic E-state index is 0.0399. The van der Waals surface area contributed by atoms with E-state index in [4.69, 9.17) is 0 Å². The van der Waals surface area contributed by atoms with Crippen molar-refractivity contribution in [2.24, 2.45) is 7.86 Å². The van der Waals surface area contributed by atoms with Crippen LogP contribution in [0, 0.1) is 0 Å². The van der Waals surface area contributed by atoms with E-state index in [1.165, 1.54) is 0 Å². The van der Waals surface area contributed by atoms with E-state index in [0.29, 0.717) is 0 Å². The summed E-state index contributed by atoms with van der Waals surface area (Å²) in [4.78, 5) is 3.78. The van der Waals surface area contributed by atoms with Gasteiger partial charge >= 0.3 is 97.6 Å². The van der Waals surface area contributed by atoms with Crippen LogP contribution >= 0.6 is 28.1 Å². The second-order valence-corrected chi connectivity index (χ2v) is 18.9. The standard InChI is InChI=1S/C5H5N.2C4H9N.2BrH.Cr/c1-2-4-6-5-3-1;2*1-4(2,3)5;;;/h1-5H;2*1-3H3;2*1H;/q;;;;;+2/p-2. The number of hydrogen-bond acceptors (Lipinski definition) is 3. The Balaban J connectivity index is 0.000000443. The van der Waals surface area contributed by atoms with Crippen LogP contribution in [0.15, 0.2) is 38.5 Å². The first-order chi connectivity index (χ1) is 8.41. The van der Waals surface area contributed by atoms with Gasteiger partial charge in [0.05, 0.1) is 0 Å². The van der Waals surface area contributed by atoms with Crippen molar-refractivity contribution in [3.8, 4) is 0 Å². The quantitative estimate of drug-likeness (QED) is 0.509. The Labute approximate surface area is 132 Å². The van der Waals surface area contributed by atoms with Crippen LogP contribution in [0.5, 0.6) is 0 Å². The molecule has 0 radical (unpaired) electrons. The molecule has 0 saturated carbocycles. The largest absolute Gasteiger partial charge is 0.265 e. The summed E-state index contributed by atoms with van der Waals surface area (Å²) >= 11 is 7.19. The van der Waals surface area contributed by atoms with E-state index >= 15 is 0 Å². The molecule has 0 aliphatic heterocycles. The molecule has 0 unspecified atom stereocenters. The maximum Gasteiger partial charge on any atom is 0.0267 e. The molecule has 3 nitrogen and oxygen atoms in total. The fourth-order valence-corrected chi connectivity index (χ4v) is 10.3. The molecule has 0 aliphatic rings. The third-order valence-corrected chi connectivity index (χ3v) is 6.12. The molecular weight excluding hydrogens is 410 g/mol. The molecule has 6 heteroatoms. The molecule has 19 heavy (non-hydrogen) atoms. The van der Waals surface area contributed by atoms with Crippen LogP contribution in [-0.2, 0) is 9.04 Å². The summed E-state index contributed by atoms with van der Waals surface area (Å²) in [6.45, 7) is 12.5. The summed E-state index contributed by atoms with van der Waals surface area (Å²) in [6.07, 6.45) is 3.50. The first-order valence-corrected chi connectivity index (χ1v) is 13.4. The van der Waals surface area contributed by atoms with Gasteiger partial charge in [0.15, 0.2) is 0 Å². The van der Waals surface area contributed by atoms with Crippen molar-refractivity contribution in [2.45, 2.75) is 52.6 Å². The fraction of sp³-hybridized carbons (Fsp3) is 0.615. The van der Waals surface area contributed by atoms with E-state index in [2.05, 4.69) is 82.5 Å². The van der Waals surface area contributed by atoms with E-state index in [9.17, 15) is 0 Å². The van der Waals surface area contributed by atoms with Gasteiger partial charge in [0.2, 0.25) is 0 Å². The Morgan fingerprint density at radius 3 is 1.32 bits per heavy atom. The topological polar surface area (TPSA) is 37.6 Å². The van der Waals surface area contributed by atoms with Gasteiger partial charge in [-0.2, -0.15) is 0 Å². The van der Waals surface area contributed by atoms with Gasteiger partial charge in [0, 0.05) is 12.4 Å². The molecule has 0 bridgehead atoms. The number of pyridine rings is 1. The van der Waals surface area contributed by atoms with Crippen LogP contribution in [0.4, 0.5) is 0 Å². The number of halogens is 2. The third-order valence-electron chi connectivity index (χ3n) is 1.33. The van der Waals surface area contributed by atoms with Crippen LogP contribution in [0.3, 0.4) is 0 Å². The fourth-order valence-electron chi connectivity index (χ4n) is 0.992. The normalized spacial score (nSPS) is 12.2. The molecule has 0 fully saturated rings. The van der Waals surface area contributed by atoms with Crippen molar-refractivity contribution in [1.82, 2.24) is 4.98 Å². The second-order valence-electron chi connectivity index (χ2n) is 5.96. The summed E-state index contributed by atoms with van der Waals surface area (Å²) in [7, 11) is -2.28. The summed E-state index contributed by atoms with van der Waals surface area (Å²) in [6, 6.07) is 5.72. The molecular formula is C13H23Br2CrN3. The molecule has 0 N–H and O–H groups in total. The van der Waals surface area contributed by atoms with E-state index < -0.39 is 9.04 Å². The average Bonchev–Trinajstić information content (AvgIpc) is 2.13. The zero-order valence-electron chi connectivity index (χ0n) is 12.4. The van der Waals surface area contributed by atoms with E-state index in [0.717, 1.165) is 0 Å². The molecule has 0 aromatic carbocycles. The van der Waals surface area contributed by atoms with Gasteiger partial charge < -0.3 is 0 Å². The summed E-state index contributed by atoms with van der Waals surface area (Å²) < 4.78 is 9.30. The van der Waals surface area contributed by atoms with E-state index in [-0.39, 0.29) is 11.1 Å². The van der Waals surface area contributed by atoms with Crippen LogP contribution in [0.2, 0.25) is 0 Å². The predicted molar refractivity (Wildman–Crippen MR) is 86.5 cm³/mol. The zero-order valence-corrected chi connectivity index (χ0v) is 16.8. The summed E-state index contributed by atoms with van der Waals surface area (Å²) in [5.74, 6) is 0. The van der Waals surface area contributed by atoms with Crippen molar-refractivity contribution < 1.29 is 9.04 Å². The maximum atomic E-state index is 4.65. The van der Waals surface area contributed by atoms with Crippen molar-refractivity contribution in [1.29, 1.82) is 0 Å². The Morgan fingerprint density at radius 2 is 1.16 bits per heavy atom. The molecule has 0 atom stereocenters. The van der Waals surface area contributed by atoms with Crippen molar-refractivity contribution >= 4 is 28.1 Å². The smallest absolute Gasteiger partial charge is 0.0267 e. The molecule has 0 spiro atoms. The van der Waals surface area contributed by atoms with Gasteiger partial charge in [-0.15, -0.1) is 0 Å². The average molecular weight is 433 g/mol. The first-order valence-electron chi connectivity index (χ1n) is 5.97. The first kappa shape index (κ1) is 19.2. The van der Waals surface area contributed by atoms with Crippen molar-refractivity contribution in [3.63, 3.8) is 0 Å². The number of rotatable bonds is 0. The summed E-state index contributed by atoms with van der Waals surface area (Å²) in [5.41, 5.74) is -0.0799.